The zero-order valence-corrected chi connectivity index (χ0v) is 18.3. The van der Waals surface area contributed by atoms with Gasteiger partial charge in [-0.1, -0.05) is 31.2 Å². The van der Waals surface area contributed by atoms with E-state index in [0.717, 1.165) is 6.42 Å². The zero-order chi connectivity index (χ0) is 22.0. The summed E-state index contributed by atoms with van der Waals surface area (Å²) in [4.78, 5) is 13.0. The number of amides is 1. The van der Waals surface area contributed by atoms with E-state index < -0.39 is 10.0 Å². The number of sulfonamides is 1. The molecule has 0 saturated carbocycles. The third-order valence-corrected chi connectivity index (χ3v) is 7.26. The highest BCUT2D eigenvalue weighted by atomic mass is 32.2. The first-order valence-corrected chi connectivity index (χ1v) is 11.7. The summed E-state index contributed by atoms with van der Waals surface area (Å²) in [6, 6.07) is 13.3. The molecule has 1 aliphatic rings. The minimum absolute atomic E-state index is 0.202. The van der Waals surface area contributed by atoms with Gasteiger partial charge in [-0.15, -0.1) is 5.10 Å². The van der Waals surface area contributed by atoms with Gasteiger partial charge in [-0.25, -0.2) is 13.1 Å². The maximum atomic E-state index is 13.0. The highest BCUT2D eigenvalue weighted by Gasteiger charge is 2.31. The van der Waals surface area contributed by atoms with Crippen LogP contribution in [0, 0.1) is 11.8 Å². The van der Waals surface area contributed by atoms with Gasteiger partial charge in [0, 0.05) is 18.7 Å². The first-order valence-electron chi connectivity index (χ1n) is 10.2. The van der Waals surface area contributed by atoms with E-state index in [0.29, 0.717) is 41.9 Å². The van der Waals surface area contributed by atoms with Crippen molar-refractivity contribution in [3.8, 4) is 5.69 Å². The number of carbonyl (C=O) groups is 1. The van der Waals surface area contributed by atoms with E-state index in [2.05, 4.69) is 29.5 Å². The normalized spacial score (nSPS) is 19.8. The molecule has 1 fully saturated rings. The monoisotopic (exact) mass is 439 g/mol. The van der Waals surface area contributed by atoms with Gasteiger partial charge >= 0.3 is 0 Å². The Morgan fingerprint density at radius 3 is 2.35 bits per heavy atom. The van der Waals surface area contributed by atoms with Crippen LogP contribution in [0.5, 0.6) is 0 Å². The number of aromatic nitrogens is 3. The largest absolute Gasteiger partial charge is 0.320 e. The highest BCUT2D eigenvalue weighted by Crippen LogP contribution is 2.27. The SMILES string of the molecule is CC1CC(C)CN(S(=O)(=O)c2ccc(C(=O)Nc3ccccc3-n3ccnn3)cc2)C1. The molecule has 1 amide bonds. The molecule has 8 nitrogen and oxygen atoms in total. The molecule has 9 heteroatoms. The molecule has 4 rings (SSSR count). The second-order valence-electron chi connectivity index (χ2n) is 8.11. The van der Waals surface area contributed by atoms with Gasteiger partial charge in [-0.2, -0.15) is 4.31 Å². The van der Waals surface area contributed by atoms with E-state index >= 15 is 0 Å². The number of hydrogen-bond donors (Lipinski definition) is 1. The van der Waals surface area contributed by atoms with Gasteiger partial charge < -0.3 is 5.32 Å². The van der Waals surface area contributed by atoms with Gasteiger partial charge in [0.05, 0.1) is 28.7 Å². The van der Waals surface area contributed by atoms with Gasteiger partial charge in [-0.05, 0) is 54.7 Å². The molecule has 162 valence electrons. The molecular formula is C22H25N5O3S. The molecule has 0 bridgehead atoms. The molecule has 2 unspecified atom stereocenters. The molecule has 1 saturated heterocycles. The minimum atomic E-state index is -3.58. The third-order valence-electron chi connectivity index (χ3n) is 5.41. The maximum Gasteiger partial charge on any atom is 0.255 e. The smallest absolute Gasteiger partial charge is 0.255 e. The molecule has 0 spiro atoms. The standard InChI is InChI=1S/C22H25N5O3S/c1-16-13-17(2)15-26(14-16)31(29,30)19-9-7-18(8-10-19)22(28)24-20-5-3-4-6-21(20)27-12-11-23-25-27/h3-12,16-17H,13-15H2,1-2H3,(H,24,28). The fourth-order valence-electron chi connectivity index (χ4n) is 4.04. The number of hydrogen-bond acceptors (Lipinski definition) is 5. The van der Waals surface area contributed by atoms with Crippen LogP contribution in [-0.2, 0) is 10.0 Å². The van der Waals surface area contributed by atoms with Crippen molar-refractivity contribution >= 4 is 21.6 Å². The lowest BCUT2D eigenvalue weighted by Crippen LogP contribution is -2.42. The number of piperidine rings is 1. The fraction of sp³-hybridized carbons (Fsp3) is 0.318. The van der Waals surface area contributed by atoms with Gasteiger partial charge in [0.15, 0.2) is 0 Å². The molecule has 1 N–H and O–H groups in total. The first-order chi connectivity index (χ1) is 14.8. The molecular weight excluding hydrogens is 414 g/mol. The van der Waals surface area contributed by atoms with E-state index in [4.69, 9.17) is 0 Å². The van der Waals surface area contributed by atoms with Crippen molar-refractivity contribution < 1.29 is 13.2 Å². The van der Waals surface area contributed by atoms with Crippen LogP contribution in [0.25, 0.3) is 5.69 Å². The Labute approximate surface area is 181 Å². The summed E-state index contributed by atoms with van der Waals surface area (Å²) in [6.07, 6.45) is 4.27. The number of rotatable bonds is 5. The molecule has 2 aromatic carbocycles. The van der Waals surface area contributed by atoms with E-state index in [1.807, 2.05) is 18.2 Å². The minimum Gasteiger partial charge on any atom is -0.320 e. The summed E-state index contributed by atoms with van der Waals surface area (Å²) in [5.41, 5.74) is 1.62. The van der Waals surface area contributed by atoms with Gasteiger partial charge in [-0.3, -0.25) is 4.79 Å². The van der Waals surface area contributed by atoms with Gasteiger partial charge in [0.1, 0.15) is 0 Å². The van der Waals surface area contributed by atoms with Crippen molar-refractivity contribution in [3.05, 3.63) is 66.5 Å². The lowest BCUT2D eigenvalue weighted by Gasteiger charge is -2.34. The van der Waals surface area contributed by atoms with Crippen LogP contribution in [0.1, 0.15) is 30.6 Å². The van der Waals surface area contributed by atoms with Crippen LogP contribution < -0.4 is 5.32 Å². The van der Waals surface area contributed by atoms with Crippen molar-refractivity contribution in [3.63, 3.8) is 0 Å². The summed E-state index contributed by atoms with van der Waals surface area (Å²) in [7, 11) is -3.58. The Hall–Kier alpha value is -3.04. The van der Waals surface area contributed by atoms with E-state index in [1.54, 1.807) is 27.4 Å². The van der Waals surface area contributed by atoms with Crippen LogP contribution in [0.15, 0.2) is 65.8 Å². The van der Waals surface area contributed by atoms with Crippen LogP contribution in [0.2, 0.25) is 0 Å². The van der Waals surface area contributed by atoms with Crippen LogP contribution in [-0.4, -0.2) is 46.7 Å². The van der Waals surface area contributed by atoms with Crippen molar-refractivity contribution in [2.75, 3.05) is 18.4 Å². The average molecular weight is 440 g/mol. The summed E-state index contributed by atoms with van der Waals surface area (Å²) in [5.74, 6) is 0.319. The number of benzene rings is 2. The number of carbonyl (C=O) groups excluding carboxylic acids is 1. The Kier molecular flexibility index (Phi) is 5.88. The molecule has 1 aliphatic heterocycles. The molecule has 1 aromatic heterocycles. The molecule has 3 aromatic rings. The van der Waals surface area contributed by atoms with Crippen molar-refractivity contribution in [2.24, 2.45) is 11.8 Å². The molecule has 2 atom stereocenters. The topological polar surface area (TPSA) is 97.2 Å². The molecule has 2 heterocycles. The Morgan fingerprint density at radius 1 is 1.03 bits per heavy atom. The summed E-state index contributed by atoms with van der Waals surface area (Å²) < 4.78 is 29.2. The Morgan fingerprint density at radius 2 is 1.71 bits per heavy atom. The third kappa shape index (κ3) is 4.52. The summed E-state index contributed by atoms with van der Waals surface area (Å²) in [6.45, 7) is 5.19. The number of para-hydroxylation sites is 2. The summed E-state index contributed by atoms with van der Waals surface area (Å²) >= 11 is 0. The molecule has 0 aliphatic carbocycles. The highest BCUT2D eigenvalue weighted by molar-refractivity contribution is 7.89. The number of nitrogens with zero attached hydrogens (tertiary/aromatic N) is 4. The number of anilines is 1. The lowest BCUT2D eigenvalue weighted by molar-refractivity contribution is 0.102. The lowest BCUT2D eigenvalue weighted by atomic mass is 9.94. The predicted octanol–water partition coefficient (Wildman–Crippen LogP) is 3.19. The van der Waals surface area contributed by atoms with Crippen LogP contribution in [0.3, 0.4) is 0 Å². The average Bonchev–Trinajstić information content (AvgIpc) is 3.28. The maximum absolute atomic E-state index is 13.0. The van der Waals surface area contributed by atoms with E-state index in [-0.39, 0.29) is 10.8 Å². The van der Waals surface area contributed by atoms with Gasteiger partial charge in [0.25, 0.3) is 5.91 Å². The Balaban J connectivity index is 1.52. The van der Waals surface area contributed by atoms with Crippen molar-refractivity contribution in [2.45, 2.75) is 25.2 Å². The molecule has 0 radical (unpaired) electrons. The Bertz CT molecular complexity index is 1150. The number of nitrogens with one attached hydrogen (secondary N) is 1. The quantitative estimate of drug-likeness (QED) is 0.659. The van der Waals surface area contributed by atoms with Crippen LogP contribution >= 0.6 is 0 Å². The second kappa shape index (κ2) is 8.60. The summed E-state index contributed by atoms with van der Waals surface area (Å²) in [5, 5.41) is 10.6. The van der Waals surface area contributed by atoms with Crippen molar-refractivity contribution in [1.29, 1.82) is 0 Å². The van der Waals surface area contributed by atoms with Gasteiger partial charge in [0.2, 0.25) is 10.0 Å². The first kappa shape index (κ1) is 21.2. The zero-order valence-electron chi connectivity index (χ0n) is 17.5. The second-order valence-corrected chi connectivity index (χ2v) is 10.0. The van der Waals surface area contributed by atoms with Crippen molar-refractivity contribution in [1.82, 2.24) is 19.3 Å². The predicted molar refractivity (Wildman–Crippen MR) is 117 cm³/mol. The molecule has 31 heavy (non-hydrogen) atoms. The van der Waals surface area contributed by atoms with E-state index in [1.165, 1.54) is 24.3 Å². The van der Waals surface area contributed by atoms with E-state index in [9.17, 15) is 13.2 Å². The van der Waals surface area contributed by atoms with Crippen LogP contribution in [0.4, 0.5) is 5.69 Å². The fourth-order valence-corrected chi connectivity index (χ4v) is 5.72.